The third-order valence-corrected chi connectivity index (χ3v) is 2.02. The van der Waals surface area contributed by atoms with Crippen LogP contribution in [0, 0.1) is 0 Å². The fraction of sp³-hybridized carbons (Fsp3) is 0.250. The molecule has 0 bridgehead atoms. The molecule has 0 fully saturated rings. The first-order valence-corrected chi connectivity index (χ1v) is 4.67. The van der Waals surface area contributed by atoms with Gasteiger partial charge >= 0.3 is 12.7 Å². The largest absolute Gasteiger partial charge is 0.573 e. The number of hydrogen-bond acceptors (Lipinski definition) is 2. The molecule has 0 saturated heterocycles. The lowest BCUT2D eigenvalue weighted by Crippen LogP contribution is -2.19. The summed E-state index contributed by atoms with van der Waals surface area (Å²) in [5, 5.41) is 0. The summed E-state index contributed by atoms with van der Waals surface area (Å²) >= 11 is 2.70. The Bertz CT molecular complexity index is 400. The van der Waals surface area contributed by atoms with Crippen LogP contribution in [0.2, 0.25) is 0 Å². The van der Waals surface area contributed by atoms with Crippen molar-refractivity contribution >= 4 is 15.9 Å². The van der Waals surface area contributed by atoms with Crippen LogP contribution in [0.1, 0.15) is 0 Å². The number of ether oxygens (including phenoxy) is 2. The minimum absolute atomic E-state index is 0.149. The van der Waals surface area contributed by atoms with Gasteiger partial charge in [-0.3, -0.25) is 0 Å². The van der Waals surface area contributed by atoms with E-state index in [1.807, 2.05) is 0 Å². The molecule has 17 heavy (non-hydrogen) atoms. The Morgan fingerprint density at radius 2 is 1.41 bits per heavy atom. The minimum Gasteiger partial charge on any atom is -0.406 e. The molecular formula is C8H3BrF6O2. The lowest BCUT2D eigenvalue weighted by molar-refractivity contribution is -0.276. The second-order valence-electron chi connectivity index (χ2n) is 2.69. The second-order valence-corrected chi connectivity index (χ2v) is 3.54. The maximum Gasteiger partial charge on any atom is 0.573 e. The summed E-state index contributed by atoms with van der Waals surface area (Å²) in [7, 11) is 0. The third-order valence-electron chi connectivity index (χ3n) is 1.36. The number of hydrogen-bond donors (Lipinski definition) is 0. The maximum absolute atomic E-state index is 11.9. The van der Waals surface area contributed by atoms with Gasteiger partial charge in [0.2, 0.25) is 0 Å². The van der Waals surface area contributed by atoms with Crippen LogP contribution in [0.15, 0.2) is 22.7 Å². The first-order chi connectivity index (χ1) is 7.57. The van der Waals surface area contributed by atoms with E-state index < -0.39 is 24.2 Å². The molecule has 0 unspecified atom stereocenters. The number of benzene rings is 1. The van der Waals surface area contributed by atoms with E-state index >= 15 is 0 Å². The van der Waals surface area contributed by atoms with Gasteiger partial charge in [0.25, 0.3) is 0 Å². The summed E-state index contributed by atoms with van der Waals surface area (Å²) in [6, 6.07) is 2.27. The van der Waals surface area contributed by atoms with Gasteiger partial charge in [0.15, 0.2) is 0 Å². The highest BCUT2D eigenvalue weighted by atomic mass is 79.9. The molecule has 0 amide bonds. The van der Waals surface area contributed by atoms with Crippen LogP contribution in [-0.2, 0) is 0 Å². The Morgan fingerprint density at radius 1 is 0.882 bits per heavy atom. The molecule has 0 radical (unpaired) electrons. The SMILES string of the molecule is FC(F)(F)Oc1ccc(Br)c(OC(F)(F)F)c1. The summed E-state index contributed by atoms with van der Waals surface area (Å²) < 4.78 is 77.9. The van der Waals surface area contributed by atoms with Crippen LogP contribution in [0.3, 0.4) is 0 Å². The van der Waals surface area contributed by atoms with Crippen molar-refractivity contribution in [2.75, 3.05) is 0 Å². The van der Waals surface area contributed by atoms with Crippen molar-refractivity contribution < 1.29 is 35.8 Å². The quantitative estimate of drug-likeness (QED) is 0.757. The molecule has 1 aromatic carbocycles. The van der Waals surface area contributed by atoms with Gasteiger partial charge in [0, 0.05) is 6.07 Å². The van der Waals surface area contributed by atoms with Crippen molar-refractivity contribution in [2.24, 2.45) is 0 Å². The number of alkyl halides is 6. The lowest BCUT2D eigenvalue weighted by Gasteiger charge is -2.13. The van der Waals surface area contributed by atoms with Crippen molar-refractivity contribution in [3.8, 4) is 11.5 Å². The van der Waals surface area contributed by atoms with E-state index in [0.717, 1.165) is 12.1 Å². The van der Waals surface area contributed by atoms with Crippen molar-refractivity contribution in [3.05, 3.63) is 22.7 Å². The molecular weight excluding hydrogens is 322 g/mol. The Hall–Kier alpha value is -1.12. The van der Waals surface area contributed by atoms with Crippen LogP contribution in [0.25, 0.3) is 0 Å². The van der Waals surface area contributed by atoms with Gasteiger partial charge in [-0.2, -0.15) is 0 Å². The highest BCUT2D eigenvalue weighted by Crippen LogP contribution is 2.35. The first-order valence-electron chi connectivity index (χ1n) is 3.88. The number of rotatable bonds is 2. The van der Waals surface area contributed by atoms with E-state index in [2.05, 4.69) is 25.4 Å². The molecule has 96 valence electrons. The fourth-order valence-electron chi connectivity index (χ4n) is 0.884. The molecule has 1 aromatic rings. The van der Waals surface area contributed by atoms with E-state index in [4.69, 9.17) is 0 Å². The fourth-order valence-corrected chi connectivity index (χ4v) is 1.21. The third kappa shape index (κ3) is 5.16. The smallest absolute Gasteiger partial charge is 0.406 e. The highest BCUT2D eigenvalue weighted by molar-refractivity contribution is 9.10. The van der Waals surface area contributed by atoms with Crippen LogP contribution in [-0.4, -0.2) is 12.7 Å². The van der Waals surface area contributed by atoms with Crippen LogP contribution < -0.4 is 9.47 Å². The molecule has 0 N–H and O–H groups in total. The zero-order valence-corrected chi connectivity index (χ0v) is 9.28. The highest BCUT2D eigenvalue weighted by Gasteiger charge is 2.34. The molecule has 0 saturated carbocycles. The molecule has 2 nitrogen and oxygen atoms in total. The maximum atomic E-state index is 11.9. The molecule has 1 rings (SSSR count). The Labute approximate surface area is 99.2 Å². The summed E-state index contributed by atoms with van der Waals surface area (Å²) in [5.74, 6) is -1.63. The van der Waals surface area contributed by atoms with Gasteiger partial charge in [0.1, 0.15) is 11.5 Å². The molecule has 0 heterocycles. The van der Waals surface area contributed by atoms with Gasteiger partial charge in [-0.25, -0.2) is 0 Å². The molecule has 0 aliphatic heterocycles. The molecule has 0 spiro atoms. The molecule has 9 heteroatoms. The van der Waals surface area contributed by atoms with E-state index in [0.29, 0.717) is 6.07 Å². The van der Waals surface area contributed by atoms with Crippen molar-refractivity contribution in [1.82, 2.24) is 0 Å². The van der Waals surface area contributed by atoms with Gasteiger partial charge in [0.05, 0.1) is 4.47 Å². The molecule has 0 aromatic heterocycles. The average Bonchev–Trinajstić information content (AvgIpc) is 2.05. The summed E-state index contributed by atoms with van der Waals surface area (Å²) in [5.41, 5.74) is 0. The molecule has 0 aliphatic rings. The van der Waals surface area contributed by atoms with Crippen LogP contribution in [0.4, 0.5) is 26.3 Å². The Morgan fingerprint density at radius 3 is 1.88 bits per heavy atom. The van der Waals surface area contributed by atoms with Gasteiger partial charge in [-0.1, -0.05) is 0 Å². The molecule has 0 atom stereocenters. The van der Waals surface area contributed by atoms with Crippen LogP contribution in [0.5, 0.6) is 11.5 Å². The lowest BCUT2D eigenvalue weighted by atomic mass is 10.3. The van der Waals surface area contributed by atoms with E-state index in [-0.39, 0.29) is 4.47 Å². The van der Waals surface area contributed by atoms with Crippen molar-refractivity contribution in [3.63, 3.8) is 0 Å². The Kier molecular flexibility index (Phi) is 3.80. The Balaban J connectivity index is 2.95. The van der Waals surface area contributed by atoms with Crippen molar-refractivity contribution in [2.45, 2.75) is 12.7 Å². The zero-order chi connectivity index (χ0) is 13.3. The normalized spacial score (nSPS) is 12.4. The van der Waals surface area contributed by atoms with Crippen molar-refractivity contribution in [1.29, 1.82) is 0 Å². The van der Waals surface area contributed by atoms with Gasteiger partial charge in [-0.05, 0) is 28.1 Å². The summed E-state index contributed by atoms with van der Waals surface area (Å²) in [6.45, 7) is 0. The van der Waals surface area contributed by atoms with Gasteiger partial charge in [-0.15, -0.1) is 26.3 Å². The predicted octanol–water partition coefficient (Wildman–Crippen LogP) is 4.25. The van der Waals surface area contributed by atoms with Gasteiger partial charge < -0.3 is 9.47 Å². The van der Waals surface area contributed by atoms with E-state index in [1.54, 1.807) is 0 Å². The summed E-state index contributed by atoms with van der Waals surface area (Å²) in [4.78, 5) is 0. The monoisotopic (exact) mass is 324 g/mol. The average molecular weight is 325 g/mol. The first kappa shape index (κ1) is 13.9. The zero-order valence-electron chi connectivity index (χ0n) is 7.69. The minimum atomic E-state index is -5.00. The number of halogens is 7. The predicted molar refractivity (Wildman–Crippen MR) is 47.5 cm³/mol. The van der Waals surface area contributed by atoms with E-state index in [1.165, 1.54) is 0 Å². The van der Waals surface area contributed by atoms with Crippen LogP contribution >= 0.6 is 15.9 Å². The molecule has 0 aliphatic carbocycles. The standard InChI is InChI=1S/C8H3BrF6O2/c9-5-2-1-4(16-7(10,11)12)3-6(5)17-8(13,14)15/h1-3H. The second kappa shape index (κ2) is 4.63. The summed E-state index contributed by atoms with van der Waals surface area (Å²) in [6.07, 6.45) is -9.98. The van der Waals surface area contributed by atoms with E-state index in [9.17, 15) is 26.3 Å². The topological polar surface area (TPSA) is 18.5 Å².